The third kappa shape index (κ3) is 3.88. The van der Waals surface area contributed by atoms with E-state index < -0.39 is 10.2 Å². The van der Waals surface area contributed by atoms with Crippen molar-refractivity contribution in [3.05, 3.63) is 90.6 Å². The van der Waals surface area contributed by atoms with Crippen molar-refractivity contribution >= 4 is 37.4 Å². The summed E-state index contributed by atoms with van der Waals surface area (Å²) in [6.07, 6.45) is 0. The largest absolute Gasteiger partial charge is 0.296 e. The fraction of sp³-hybridized carbons (Fsp3) is 0.0417. The first-order valence-corrected chi connectivity index (χ1v) is 11.3. The van der Waals surface area contributed by atoms with Crippen LogP contribution >= 0.6 is 0 Å². The van der Waals surface area contributed by atoms with Gasteiger partial charge in [0.15, 0.2) is 0 Å². The van der Waals surface area contributed by atoms with Crippen LogP contribution in [-0.2, 0) is 10.2 Å². The minimum absolute atomic E-state index is 0.397. The lowest BCUT2D eigenvalue weighted by Gasteiger charge is -2.10. The third-order valence-electron chi connectivity index (χ3n) is 5.20. The second-order valence-electron chi connectivity index (χ2n) is 7.54. The van der Waals surface area contributed by atoms with Gasteiger partial charge in [0.1, 0.15) is 0 Å². The smallest absolute Gasteiger partial charge is 0.271 e. The summed E-state index contributed by atoms with van der Waals surface area (Å²) in [5.41, 5.74) is 4.12. The molecule has 154 valence electrons. The van der Waals surface area contributed by atoms with Crippen molar-refractivity contribution in [3.8, 4) is 16.9 Å². The molecule has 5 aromatic rings. The van der Waals surface area contributed by atoms with Gasteiger partial charge in [0.05, 0.1) is 17.1 Å². The van der Waals surface area contributed by atoms with Gasteiger partial charge in [-0.15, -0.1) is 0 Å². The highest BCUT2D eigenvalue weighted by Gasteiger charge is 2.12. The summed E-state index contributed by atoms with van der Waals surface area (Å²) in [6.45, 7) is 1.95. The molecule has 0 aliphatic heterocycles. The Kier molecular flexibility index (Phi) is 4.50. The Hall–Kier alpha value is -3.68. The summed E-state index contributed by atoms with van der Waals surface area (Å²) in [7, 11) is -3.81. The first-order chi connectivity index (χ1) is 14.9. The molecule has 0 aliphatic carbocycles. The van der Waals surface area contributed by atoms with E-state index in [0.717, 1.165) is 28.0 Å². The Morgan fingerprint density at radius 2 is 1.45 bits per heavy atom. The predicted molar refractivity (Wildman–Crippen MR) is 125 cm³/mol. The molecule has 1 heterocycles. The Morgan fingerprint density at radius 3 is 2.13 bits per heavy atom. The van der Waals surface area contributed by atoms with Crippen LogP contribution in [0.1, 0.15) is 5.69 Å². The lowest BCUT2D eigenvalue weighted by molar-refractivity contribution is 0.603. The minimum atomic E-state index is -3.81. The Balaban J connectivity index is 1.58. The molecule has 0 bridgehead atoms. The van der Waals surface area contributed by atoms with Crippen molar-refractivity contribution in [2.24, 2.45) is 5.14 Å². The van der Waals surface area contributed by atoms with Crippen LogP contribution in [0.5, 0.6) is 0 Å². The minimum Gasteiger partial charge on any atom is -0.271 e. The molecule has 3 N–H and O–H groups in total. The summed E-state index contributed by atoms with van der Waals surface area (Å²) in [5.74, 6) is 0. The highest BCUT2D eigenvalue weighted by atomic mass is 32.2. The monoisotopic (exact) mass is 428 g/mol. The second kappa shape index (κ2) is 7.23. The summed E-state index contributed by atoms with van der Waals surface area (Å²) in [6, 6.07) is 28.1. The van der Waals surface area contributed by atoms with E-state index in [4.69, 9.17) is 5.14 Å². The van der Waals surface area contributed by atoms with E-state index in [9.17, 15) is 8.42 Å². The van der Waals surface area contributed by atoms with E-state index in [0.29, 0.717) is 5.69 Å². The van der Waals surface area contributed by atoms with Gasteiger partial charge in [0.2, 0.25) is 0 Å². The number of nitrogens with zero attached hydrogens (tertiary/aromatic N) is 2. The Bertz CT molecular complexity index is 1540. The van der Waals surface area contributed by atoms with Crippen molar-refractivity contribution in [2.45, 2.75) is 6.92 Å². The number of hydrogen-bond acceptors (Lipinski definition) is 3. The van der Waals surface area contributed by atoms with Gasteiger partial charge in [-0.05, 0) is 77.0 Å². The van der Waals surface area contributed by atoms with Crippen molar-refractivity contribution in [3.63, 3.8) is 0 Å². The summed E-state index contributed by atoms with van der Waals surface area (Å²) < 4.78 is 26.6. The van der Waals surface area contributed by atoms with Gasteiger partial charge in [-0.2, -0.15) is 13.5 Å². The summed E-state index contributed by atoms with van der Waals surface area (Å²) in [5, 5.41) is 14.5. The molecule has 0 amide bonds. The van der Waals surface area contributed by atoms with E-state index in [1.54, 1.807) is 24.3 Å². The number of fused-ring (bicyclic) bond motifs is 2. The van der Waals surface area contributed by atoms with Gasteiger partial charge in [-0.1, -0.05) is 36.4 Å². The number of benzene rings is 4. The molecule has 0 fully saturated rings. The SMILES string of the molecule is Cc1cc(-c2ccc3cc4ccccc4cc3c2)n(-c2ccc(NS(N)(=O)=O)cc2)n1. The fourth-order valence-electron chi connectivity index (χ4n) is 3.84. The van der Waals surface area contributed by atoms with Gasteiger partial charge in [-0.3, -0.25) is 4.72 Å². The molecule has 0 radical (unpaired) electrons. The van der Waals surface area contributed by atoms with E-state index >= 15 is 0 Å². The Morgan fingerprint density at radius 1 is 0.806 bits per heavy atom. The topological polar surface area (TPSA) is 90.0 Å². The maximum atomic E-state index is 11.2. The molecule has 0 aliphatic rings. The standard InChI is InChI=1S/C24H20N4O2S/c1-16-12-24(28(26-16)23-10-8-22(9-11-23)27-31(25,29)30)20-7-6-19-13-17-4-2-3-5-18(17)14-21(19)15-20/h2-15,27H,1H3,(H2,25,29,30). The quantitative estimate of drug-likeness (QED) is 0.404. The van der Waals surface area contributed by atoms with Crippen LogP contribution in [-0.4, -0.2) is 18.2 Å². The van der Waals surface area contributed by atoms with E-state index in [-0.39, 0.29) is 0 Å². The number of aromatic nitrogens is 2. The zero-order valence-corrected chi connectivity index (χ0v) is 17.6. The zero-order valence-electron chi connectivity index (χ0n) is 16.8. The van der Waals surface area contributed by atoms with Gasteiger partial charge in [-0.25, -0.2) is 9.82 Å². The maximum absolute atomic E-state index is 11.2. The molecule has 0 saturated carbocycles. The normalized spacial score (nSPS) is 11.8. The summed E-state index contributed by atoms with van der Waals surface area (Å²) >= 11 is 0. The molecule has 1 aromatic heterocycles. The van der Waals surface area contributed by atoms with Crippen LogP contribution in [0.2, 0.25) is 0 Å². The molecule has 6 nitrogen and oxygen atoms in total. The molecule has 0 spiro atoms. The van der Waals surface area contributed by atoms with Gasteiger partial charge in [0, 0.05) is 11.3 Å². The van der Waals surface area contributed by atoms with Gasteiger partial charge in [0.25, 0.3) is 10.2 Å². The van der Waals surface area contributed by atoms with Crippen LogP contribution in [0, 0.1) is 6.92 Å². The molecule has 0 unspecified atom stereocenters. The van der Waals surface area contributed by atoms with E-state index in [2.05, 4.69) is 52.3 Å². The molecule has 0 atom stereocenters. The predicted octanol–water partition coefficient (Wildman–Crippen LogP) is 4.77. The van der Waals surface area contributed by atoms with Crippen molar-refractivity contribution in [2.75, 3.05) is 4.72 Å². The van der Waals surface area contributed by atoms with Crippen LogP contribution < -0.4 is 9.86 Å². The van der Waals surface area contributed by atoms with Gasteiger partial charge >= 0.3 is 0 Å². The molecular weight excluding hydrogens is 408 g/mol. The Labute approximate surface area is 180 Å². The van der Waals surface area contributed by atoms with Crippen LogP contribution in [0.15, 0.2) is 84.9 Å². The number of aryl methyl sites for hydroxylation is 1. The first-order valence-electron chi connectivity index (χ1n) is 9.76. The molecule has 5 rings (SSSR count). The second-order valence-corrected chi connectivity index (χ2v) is 8.83. The highest BCUT2D eigenvalue weighted by molar-refractivity contribution is 7.90. The van der Waals surface area contributed by atoms with Crippen LogP contribution in [0.4, 0.5) is 5.69 Å². The number of nitrogens with two attached hydrogens (primary N) is 1. The fourth-order valence-corrected chi connectivity index (χ4v) is 4.30. The molecular formula is C24H20N4O2S. The van der Waals surface area contributed by atoms with Gasteiger partial charge < -0.3 is 0 Å². The molecule has 7 heteroatoms. The van der Waals surface area contributed by atoms with E-state index in [1.807, 2.05) is 29.8 Å². The van der Waals surface area contributed by atoms with Crippen LogP contribution in [0.25, 0.3) is 38.5 Å². The highest BCUT2D eigenvalue weighted by Crippen LogP contribution is 2.30. The zero-order chi connectivity index (χ0) is 21.6. The maximum Gasteiger partial charge on any atom is 0.296 e. The average Bonchev–Trinajstić information content (AvgIpc) is 3.13. The number of rotatable bonds is 4. The molecule has 4 aromatic carbocycles. The van der Waals surface area contributed by atoms with Crippen molar-refractivity contribution < 1.29 is 8.42 Å². The molecule has 0 saturated heterocycles. The average molecular weight is 429 g/mol. The lowest BCUT2D eigenvalue weighted by Crippen LogP contribution is -2.21. The molecule has 31 heavy (non-hydrogen) atoms. The number of nitrogens with one attached hydrogen (secondary N) is 1. The number of hydrogen-bond donors (Lipinski definition) is 2. The lowest BCUT2D eigenvalue weighted by atomic mass is 10.0. The van der Waals surface area contributed by atoms with Crippen molar-refractivity contribution in [1.82, 2.24) is 9.78 Å². The van der Waals surface area contributed by atoms with E-state index in [1.165, 1.54) is 16.2 Å². The number of anilines is 1. The third-order valence-corrected chi connectivity index (χ3v) is 5.72. The van der Waals surface area contributed by atoms with Crippen LogP contribution in [0.3, 0.4) is 0 Å². The van der Waals surface area contributed by atoms with Crippen molar-refractivity contribution in [1.29, 1.82) is 0 Å². The first kappa shape index (κ1) is 19.3. The summed E-state index contributed by atoms with van der Waals surface area (Å²) in [4.78, 5) is 0.